The monoisotopic (exact) mass is 335 g/mol. The summed E-state index contributed by atoms with van der Waals surface area (Å²) in [7, 11) is 0. The predicted octanol–water partition coefficient (Wildman–Crippen LogP) is 1.90. The molecule has 138 valence electrons. The second kappa shape index (κ2) is 9.04. The third-order valence-electron chi connectivity index (χ3n) is 5.65. The summed E-state index contributed by atoms with van der Waals surface area (Å²) in [5.74, 6) is 2.00. The highest BCUT2D eigenvalue weighted by atomic mass is 15.2. The van der Waals surface area contributed by atoms with Crippen molar-refractivity contribution >= 4 is 5.96 Å². The Bertz CT molecular complexity index is 403. The second-order valence-corrected chi connectivity index (χ2v) is 7.74. The van der Waals surface area contributed by atoms with Crippen LogP contribution in [-0.4, -0.2) is 73.7 Å². The molecule has 1 unspecified atom stereocenters. The van der Waals surface area contributed by atoms with Gasteiger partial charge in [0.25, 0.3) is 0 Å². The van der Waals surface area contributed by atoms with Crippen molar-refractivity contribution in [2.45, 2.75) is 64.5 Å². The third-order valence-corrected chi connectivity index (χ3v) is 5.65. The molecule has 2 saturated carbocycles. The van der Waals surface area contributed by atoms with Gasteiger partial charge in [0, 0.05) is 38.3 Å². The van der Waals surface area contributed by atoms with Gasteiger partial charge in [0.15, 0.2) is 5.96 Å². The van der Waals surface area contributed by atoms with Gasteiger partial charge in [0.05, 0.1) is 6.54 Å². The molecule has 24 heavy (non-hydrogen) atoms. The Morgan fingerprint density at radius 2 is 1.96 bits per heavy atom. The summed E-state index contributed by atoms with van der Waals surface area (Å²) in [4.78, 5) is 10.1. The fraction of sp³-hybridized carbons (Fsp3) is 0.947. The van der Waals surface area contributed by atoms with Crippen molar-refractivity contribution in [1.29, 1.82) is 0 Å². The van der Waals surface area contributed by atoms with Crippen LogP contribution in [0.2, 0.25) is 0 Å². The second-order valence-electron chi connectivity index (χ2n) is 7.74. The fourth-order valence-electron chi connectivity index (χ4n) is 3.87. The topological polar surface area (TPSA) is 42.9 Å². The zero-order valence-electron chi connectivity index (χ0n) is 15.8. The minimum absolute atomic E-state index is 0.642. The van der Waals surface area contributed by atoms with E-state index in [4.69, 9.17) is 4.99 Å². The maximum Gasteiger partial charge on any atom is 0.191 e. The van der Waals surface area contributed by atoms with Crippen molar-refractivity contribution in [3.8, 4) is 0 Å². The van der Waals surface area contributed by atoms with Crippen LogP contribution in [0.4, 0.5) is 0 Å². The van der Waals surface area contributed by atoms with E-state index in [1.807, 2.05) is 0 Å². The molecule has 0 aromatic rings. The van der Waals surface area contributed by atoms with Gasteiger partial charge in [-0.3, -0.25) is 14.8 Å². The largest absolute Gasteiger partial charge is 0.357 e. The smallest absolute Gasteiger partial charge is 0.191 e. The molecule has 5 heteroatoms. The summed E-state index contributed by atoms with van der Waals surface area (Å²) >= 11 is 0. The number of aliphatic imine (C=N–C) groups is 1. The van der Waals surface area contributed by atoms with Crippen molar-refractivity contribution in [1.82, 2.24) is 20.4 Å². The van der Waals surface area contributed by atoms with Crippen molar-refractivity contribution in [2.24, 2.45) is 10.9 Å². The van der Waals surface area contributed by atoms with Crippen molar-refractivity contribution in [2.75, 3.05) is 45.8 Å². The molecule has 1 saturated heterocycles. The number of hydrogen-bond acceptors (Lipinski definition) is 3. The number of likely N-dealkylation sites (tertiary alicyclic amines) is 1. The normalized spacial score (nSPS) is 25.5. The Kier molecular flexibility index (Phi) is 6.78. The van der Waals surface area contributed by atoms with Crippen LogP contribution in [0.5, 0.6) is 0 Å². The molecule has 2 N–H and O–H groups in total. The molecule has 0 aromatic carbocycles. The van der Waals surface area contributed by atoms with E-state index in [1.54, 1.807) is 0 Å². The van der Waals surface area contributed by atoms with Crippen molar-refractivity contribution in [3.63, 3.8) is 0 Å². The van der Waals surface area contributed by atoms with Crippen molar-refractivity contribution in [3.05, 3.63) is 0 Å². The van der Waals surface area contributed by atoms with Crippen LogP contribution < -0.4 is 10.6 Å². The zero-order chi connectivity index (χ0) is 16.8. The van der Waals surface area contributed by atoms with Crippen molar-refractivity contribution < 1.29 is 0 Å². The lowest BCUT2D eigenvalue weighted by molar-refractivity contribution is 0.256. The Morgan fingerprint density at radius 3 is 2.62 bits per heavy atom. The van der Waals surface area contributed by atoms with Gasteiger partial charge in [-0.1, -0.05) is 6.92 Å². The average Bonchev–Trinajstić information content (AvgIpc) is 3.50. The minimum Gasteiger partial charge on any atom is -0.357 e. The molecule has 3 fully saturated rings. The van der Waals surface area contributed by atoms with Gasteiger partial charge in [-0.2, -0.15) is 0 Å². The Labute approximate surface area is 148 Å². The number of likely N-dealkylation sites (N-methyl/N-ethyl adjacent to an activating group) is 1. The third kappa shape index (κ3) is 5.62. The van der Waals surface area contributed by atoms with Crippen LogP contribution in [0, 0.1) is 5.92 Å². The lowest BCUT2D eigenvalue weighted by atomic mass is 10.2. The highest BCUT2D eigenvalue weighted by Gasteiger charge is 2.33. The van der Waals surface area contributed by atoms with Gasteiger partial charge in [0.2, 0.25) is 0 Å². The summed E-state index contributed by atoms with van der Waals surface area (Å²) in [6, 6.07) is 1.52. The highest BCUT2D eigenvalue weighted by Crippen LogP contribution is 2.34. The van der Waals surface area contributed by atoms with E-state index >= 15 is 0 Å². The van der Waals surface area contributed by atoms with Crippen LogP contribution in [0.1, 0.15) is 52.4 Å². The number of rotatable bonds is 10. The molecule has 5 nitrogen and oxygen atoms in total. The van der Waals surface area contributed by atoms with Crippen LogP contribution in [0.25, 0.3) is 0 Å². The quantitative estimate of drug-likeness (QED) is 0.473. The van der Waals surface area contributed by atoms with E-state index in [2.05, 4.69) is 34.3 Å². The predicted molar refractivity (Wildman–Crippen MR) is 102 cm³/mol. The molecule has 3 aliphatic rings. The molecule has 0 amide bonds. The molecule has 1 aliphatic heterocycles. The first-order valence-electron chi connectivity index (χ1n) is 10.3. The number of nitrogens with one attached hydrogen (secondary N) is 2. The number of nitrogens with zero attached hydrogens (tertiary/aromatic N) is 3. The summed E-state index contributed by atoms with van der Waals surface area (Å²) in [5.41, 5.74) is 0. The standard InChI is InChI=1S/C19H37N5/c1-3-20-19(22-14-18-6-5-12-23(18)4-2)21-11-13-24(17-9-10-17)15-16-7-8-16/h16-18H,3-15H2,1-2H3,(H2,20,21,22). The van der Waals surface area contributed by atoms with Gasteiger partial charge in [0.1, 0.15) is 0 Å². The van der Waals surface area contributed by atoms with Crippen LogP contribution in [-0.2, 0) is 0 Å². The Balaban J connectivity index is 1.41. The summed E-state index contributed by atoms with van der Waals surface area (Å²) < 4.78 is 0. The molecule has 0 spiro atoms. The zero-order valence-corrected chi connectivity index (χ0v) is 15.8. The first-order chi connectivity index (χ1) is 11.8. The minimum atomic E-state index is 0.642. The van der Waals surface area contributed by atoms with E-state index in [0.717, 1.165) is 50.6 Å². The number of guanidine groups is 1. The van der Waals surface area contributed by atoms with E-state index < -0.39 is 0 Å². The lowest BCUT2D eigenvalue weighted by Gasteiger charge is -2.23. The van der Waals surface area contributed by atoms with Gasteiger partial charge in [-0.15, -0.1) is 0 Å². The van der Waals surface area contributed by atoms with Gasteiger partial charge in [-0.05, 0) is 64.5 Å². The first kappa shape index (κ1) is 18.0. The average molecular weight is 336 g/mol. The molecule has 0 radical (unpaired) electrons. The van der Waals surface area contributed by atoms with E-state index in [0.29, 0.717) is 6.04 Å². The molecule has 2 aliphatic carbocycles. The lowest BCUT2D eigenvalue weighted by Crippen LogP contribution is -2.43. The molecule has 1 heterocycles. The van der Waals surface area contributed by atoms with E-state index in [1.165, 1.54) is 51.6 Å². The molecular formula is C19H37N5. The molecule has 0 aromatic heterocycles. The van der Waals surface area contributed by atoms with E-state index in [9.17, 15) is 0 Å². The Morgan fingerprint density at radius 1 is 1.12 bits per heavy atom. The summed E-state index contributed by atoms with van der Waals surface area (Å²) in [6.45, 7) is 12.2. The van der Waals surface area contributed by atoms with Gasteiger partial charge < -0.3 is 10.6 Å². The van der Waals surface area contributed by atoms with Crippen LogP contribution in [0.3, 0.4) is 0 Å². The molecule has 0 bridgehead atoms. The maximum atomic E-state index is 4.86. The van der Waals surface area contributed by atoms with Crippen LogP contribution >= 0.6 is 0 Å². The SMILES string of the molecule is CCNC(=NCC1CCCN1CC)NCCN(CC1CC1)C1CC1. The first-order valence-corrected chi connectivity index (χ1v) is 10.3. The molecular weight excluding hydrogens is 298 g/mol. The number of hydrogen-bond donors (Lipinski definition) is 2. The van der Waals surface area contributed by atoms with E-state index in [-0.39, 0.29) is 0 Å². The van der Waals surface area contributed by atoms with Gasteiger partial charge >= 0.3 is 0 Å². The summed E-state index contributed by atoms with van der Waals surface area (Å²) in [6.07, 6.45) is 8.36. The van der Waals surface area contributed by atoms with Crippen LogP contribution in [0.15, 0.2) is 4.99 Å². The van der Waals surface area contributed by atoms with Gasteiger partial charge in [-0.25, -0.2) is 0 Å². The fourth-order valence-corrected chi connectivity index (χ4v) is 3.87. The highest BCUT2D eigenvalue weighted by molar-refractivity contribution is 5.79. The molecule has 1 atom stereocenters. The Hall–Kier alpha value is -0.810. The summed E-state index contributed by atoms with van der Waals surface area (Å²) in [5, 5.41) is 6.98. The molecule has 3 rings (SSSR count). The maximum absolute atomic E-state index is 4.86.